The number of amides is 2. The topological polar surface area (TPSA) is 122 Å². The van der Waals surface area contributed by atoms with Crippen LogP contribution in [0.15, 0.2) is 89.8 Å². The van der Waals surface area contributed by atoms with Gasteiger partial charge in [-0.05, 0) is 60.8 Å². The molecule has 2 amide bonds. The summed E-state index contributed by atoms with van der Waals surface area (Å²) in [5, 5.41) is 15.7. The molecule has 0 saturated carbocycles. The number of nitrogens with one attached hydrogen (secondary N) is 2. The van der Waals surface area contributed by atoms with Crippen molar-refractivity contribution in [3.05, 3.63) is 102 Å². The number of carboxylic acids is 1. The number of hydrogen-bond donors (Lipinski definition) is 3. The van der Waals surface area contributed by atoms with Crippen molar-refractivity contribution in [2.45, 2.75) is 17.1 Å². The second-order valence-corrected chi connectivity index (χ2v) is 9.69. The third-order valence-corrected chi connectivity index (χ3v) is 6.88. The Labute approximate surface area is 223 Å². The summed E-state index contributed by atoms with van der Waals surface area (Å²) < 4.78 is 4.77. The minimum absolute atomic E-state index is 0.0569. The fraction of sp³-hybridized carbons (Fsp3) is 0.103. The van der Waals surface area contributed by atoms with E-state index in [2.05, 4.69) is 10.6 Å². The number of fused-ring (bicyclic) bond motifs is 1. The Bertz CT molecular complexity index is 1530. The van der Waals surface area contributed by atoms with Gasteiger partial charge in [-0.3, -0.25) is 9.59 Å². The Balaban J connectivity index is 1.43. The van der Waals surface area contributed by atoms with Crippen molar-refractivity contribution < 1.29 is 29.0 Å². The average Bonchev–Trinajstić information content (AvgIpc) is 2.93. The molecule has 192 valence electrons. The Hall–Kier alpha value is -4.63. The molecule has 0 aliphatic heterocycles. The summed E-state index contributed by atoms with van der Waals surface area (Å²) in [4.78, 5) is 50.2. The van der Waals surface area contributed by atoms with Gasteiger partial charge >= 0.3 is 11.9 Å². The van der Waals surface area contributed by atoms with Crippen LogP contribution in [0.4, 0.5) is 11.4 Å². The molecule has 3 N–H and O–H groups in total. The molecule has 4 aromatic rings. The van der Waals surface area contributed by atoms with Crippen LogP contribution in [0, 0.1) is 0 Å². The van der Waals surface area contributed by atoms with Crippen LogP contribution >= 0.6 is 11.8 Å². The monoisotopic (exact) mass is 528 g/mol. The fourth-order valence-corrected chi connectivity index (χ4v) is 4.76. The van der Waals surface area contributed by atoms with E-state index in [0.717, 1.165) is 4.90 Å². The molecule has 9 heteroatoms. The van der Waals surface area contributed by atoms with Gasteiger partial charge in [0.05, 0.1) is 29.2 Å². The lowest BCUT2D eigenvalue weighted by Gasteiger charge is -2.14. The van der Waals surface area contributed by atoms with E-state index in [0.29, 0.717) is 22.1 Å². The minimum atomic E-state index is -1.11. The number of carbonyl (C=O) groups excluding carboxylic acids is 3. The Kier molecular flexibility index (Phi) is 8.08. The van der Waals surface area contributed by atoms with Gasteiger partial charge in [-0.25, -0.2) is 9.59 Å². The number of aromatic carboxylic acids is 1. The first-order valence-corrected chi connectivity index (χ1v) is 12.5. The molecule has 8 nitrogen and oxygen atoms in total. The molecule has 0 spiro atoms. The number of ether oxygens (including phenoxy) is 1. The molecule has 4 rings (SSSR count). The van der Waals surface area contributed by atoms with E-state index in [1.165, 1.54) is 24.9 Å². The maximum Gasteiger partial charge on any atom is 0.339 e. The normalized spacial score (nSPS) is 11.4. The summed E-state index contributed by atoms with van der Waals surface area (Å²) >= 11 is 1.32. The lowest BCUT2D eigenvalue weighted by atomic mass is 9.98. The van der Waals surface area contributed by atoms with Gasteiger partial charge < -0.3 is 20.5 Å². The highest BCUT2D eigenvalue weighted by molar-refractivity contribution is 8.00. The van der Waals surface area contributed by atoms with E-state index >= 15 is 0 Å². The number of carboxylic acid groups (broad SMARTS) is 1. The van der Waals surface area contributed by atoms with Crippen molar-refractivity contribution in [3.8, 4) is 0 Å². The van der Waals surface area contributed by atoms with Crippen LogP contribution in [0.3, 0.4) is 0 Å². The Morgan fingerprint density at radius 3 is 2.08 bits per heavy atom. The third kappa shape index (κ3) is 5.84. The number of hydrogen-bond acceptors (Lipinski definition) is 6. The Morgan fingerprint density at radius 2 is 1.42 bits per heavy atom. The van der Waals surface area contributed by atoms with Crippen LogP contribution < -0.4 is 10.6 Å². The van der Waals surface area contributed by atoms with Crippen molar-refractivity contribution in [3.63, 3.8) is 0 Å². The van der Waals surface area contributed by atoms with Gasteiger partial charge in [0.25, 0.3) is 5.91 Å². The first kappa shape index (κ1) is 26.4. The van der Waals surface area contributed by atoms with Crippen LogP contribution in [-0.4, -0.2) is 41.2 Å². The average molecular weight is 529 g/mol. The summed E-state index contributed by atoms with van der Waals surface area (Å²) in [6, 6.07) is 23.5. The van der Waals surface area contributed by atoms with Crippen molar-refractivity contribution >= 4 is 57.7 Å². The molecule has 0 aliphatic carbocycles. The second kappa shape index (κ2) is 11.6. The molecule has 0 bridgehead atoms. The maximum atomic E-state index is 13.0. The number of para-hydroxylation sites is 1. The standard InChI is InChI=1S/C29H24N2O6S/c1-17(26(32)31-24-12-4-3-9-21(24)29(36)37-2)38-20-15-13-19(14-16-20)30-27(33)22-10-5-7-18-8-6-11-23(25(18)22)28(34)35/h3-17H,1-2H3,(H,30,33)(H,31,32)(H,34,35). The predicted molar refractivity (Wildman–Crippen MR) is 147 cm³/mol. The largest absolute Gasteiger partial charge is 0.478 e. The lowest BCUT2D eigenvalue weighted by Crippen LogP contribution is -2.23. The van der Waals surface area contributed by atoms with Crippen molar-refractivity contribution in [1.29, 1.82) is 0 Å². The SMILES string of the molecule is COC(=O)c1ccccc1NC(=O)C(C)Sc1ccc(NC(=O)c2cccc3cccc(C(=O)O)c23)cc1. The number of thioether (sulfide) groups is 1. The number of benzene rings is 4. The number of esters is 1. The smallest absolute Gasteiger partial charge is 0.339 e. The molecule has 0 aromatic heterocycles. The molecule has 0 saturated heterocycles. The number of methoxy groups -OCH3 is 1. The molecule has 0 fully saturated rings. The van der Waals surface area contributed by atoms with Crippen molar-refractivity contribution in [1.82, 2.24) is 0 Å². The highest BCUT2D eigenvalue weighted by Gasteiger charge is 2.19. The number of anilines is 2. The first-order chi connectivity index (χ1) is 18.3. The van der Waals surface area contributed by atoms with Gasteiger partial charge in [0.1, 0.15) is 0 Å². The van der Waals surface area contributed by atoms with Crippen molar-refractivity contribution in [2.75, 3.05) is 17.7 Å². The quantitative estimate of drug-likeness (QED) is 0.198. The van der Waals surface area contributed by atoms with Gasteiger partial charge in [0.15, 0.2) is 0 Å². The van der Waals surface area contributed by atoms with Crippen LogP contribution in [0.1, 0.15) is 38.0 Å². The molecule has 1 atom stereocenters. The fourth-order valence-electron chi connectivity index (χ4n) is 3.90. The Morgan fingerprint density at radius 1 is 0.789 bits per heavy atom. The van der Waals surface area contributed by atoms with Gasteiger partial charge in [-0.15, -0.1) is 11.8 Å². The highest BCUT2D eigenvalue weighted by Crippen LogP contribution is 2.28. The van der Waals surface area contributed by atoms with Gasteiger partial charge in [-0.1, -0.05) is 36.4 Å². The van der Waals surface area contributed by atoms with Gasteiger partial charge in [-0.2, -0.15) is 0 Å². The zero-order valence-electron chi connectivity index (χ0n) is 20.6. The predicted octanol–water partition coefficient (Wildman–Crippen LogP) is 5.70. The second-order valence-electron chi connectivity index (χ2n) is 8.28. The van der Waals surface area contributed by atoms with E-state index < -0.39 is 23.1 Å². The molecular weight excluding hydrogens is 504 g/mol. The minimum Gasteiger partial charge on any atom is -0.478 e. The van der Waals surface area contributed by atoms with E-state index in [1.807, 2.05) is 0 Å². The molecular formula is C29H24N2O6S. The molecule has 0 aliphatic rings. The summed E-state index contributed by atoms with van der Waals surface area (Å²) in [5.41, 5.74) is 1.47. The maximum absolute atomic E-state index is 13.0. The van der Waals surface area contributed by atoms with E-state index in [9.17, 15) is 24.3 Å². The molecule has 4 aromatic carbocycles. The first-order valence-electron chi connectivity index (χ1n) is 11.6. The van der Waals surface area contributed by atoms with Crippen LogP contribution in [0.25, 0.3) is 10.8 Å². The van der Waals surface area contributed by atoms with Crippen LogP contribution in [-0.2, 0) is 9.53 Å². The third-order valence-electron chi connectivity index (χ3n) is 5.76. The summed E-state index contributed by atoms with van der Waals surface area (Å²) in [7, 11) is 1.28. The molecule has 0 radical (unpaired) electrons. The summed E-state index contributed by atoms with van der Waals surface area (Å²) in [6.07, 6.45) is 0. The van der Waals surface area contributed by atoms with Gasteiger partial charge in [0, 0.05) is 21.5 Å². The van der Waals surface area contributed by atoms with Gasteiger partial charge in [0.2, 0.25) is 5.91 Å². The lowest BCUT2D eigenvalue weighted by molar-refractivity contribution is -0.115. The summed E-state index contributed by atoms with van der Waals surface area (Å²) in [6.45, 7) is 1.75. The number of carbonyl (C=O) groups is 4. The van der Waals surface area contributed by atoms with E-state index in [1.54, 1.807) is 85.8 Å². The zero-order chi connectivity index (χ0) is 27.2. The molecule has 0 heterocycles. The molecule has 38 heavy (non-hydrogen) atoms. The van der Waals surface area contributed by atoms with Crippen LogP contribution in [0.2, 0.25) is 0 Å². The zero-order valence-corrected chi connectivity index (χ0v) is 21.4. The van der Waals surface area contributed by atoms with Crippen LogP contribution in [0.5, 0.6) is 0 Å². The summed E-state index contributed by atoms with van der Waals surface area (Å²) in [5.74, 6) is -2.36. The highest BCUT2D eigenvalue weighted by atomic mass is 32.2. The van der Waals surface area contributed by atoms with E-state index in [4.69, 9.17) is 4.74 Å². The molecule has 1 unspecified atom stereocenters. The van der Waals surface area contributed by atoms with E-state index in [-0.39, 0.29) is 22.6 Å². The van der Waals surface area contributed by atoms with Crippen molar-refractivity contribution in [2.24, 2.45) is 0 Å². The number of rotatable bonds is 8.